The van der Waals surface area contributed by atoms with Gasteiger partial charge in [0.25, 0.3) is 0 Å². The maximum atomic E-state index is 9.71. The van der Waals surface area contributed by atoms with E-state index in [4.69, 9.17) is 0 Å². The lowest BCUT2D eigenvalue weighted by atomic mass is 9.99. The van der Waals surface area contributed by atoms with E-state index in [0.717, 1.165) is 31.2 Å². The lowest BCUT2D eigenvalue weighted by molar-refractivity contribution is 0.466. The van der Waals surface area contributed by atoms with Crippen LogP contribution in [0.25, 0.3) is 0 Å². The molecule has 2 rings (SSSR count). The van der Waals surface area contributed by atoms with E-state index in [1.165, 1.54) is 11.1 Å². The van der Waals surface area contributed by atoms with Crippen molar-refractivity contribution in [3.05, 3.63) is 65.2 Å². The van der Waals surface area contributed by atoms with Gasteiger partial charge >= 0.3 is 0 Å². The van der Waals surface area contributed by atoms with Gasteiger partial charge in [-0.3, -0.25) is 0 Å². The molecular weight excluding hydrogens is 244 g/mol. The Morgan fingerprint density at radius 2 is 1.50 bits per heavy atom. The van der Waals surface area contributed by atoms with Crippen LogP contribution in [0, 0.1) is 0 Å². The number of phenols is 1. The first kappa shape index (κ1) is 14.6. The van der Waals surface area contributed by atoms with Gasteiger partial charge in [-0.25, -0.2) is 0 Å². The Kier molecular flexibility index (Phi) is 5.23. The molecular formula is C19H24O. The third kappa shape index (κ3) is 4.12. The number of aryl methyl sites for hydroxylation is 2. The van der Waals surface area contributed by atoms with E-state index < -0.39 is 0 Å². The highest BCUT2D eigenvalue weighted by molar-refractivity contribution is 5.31. The Hall–Kier alpha value is -1.76. The molecule has 0 bridgehead atoms. The zero-order valence-corrected chi connectivity index (χ0v) is 12.5. The van der Waals surface area contributed by atoms with E-state index in [1.54, 1.807) is 6.07 Å². The summed E-state index contributed by atoms with van der Waals surface area (Å²) >= 11 is 0. The Morgan fingerprint density at radius 1 is 0.850 bits per heavy atom. The molecule has 0 saturated carbocycles. The second kappa shape index (κ2) is 7.14. The van der Waals surface area contributed by atoms with E-state index >= 15 is 0 Å². The highest BCUT2D eigenvalue weighted by Crippen LogP contribution is 2.19. The standard InChI is InChI=1S/C19H24O/c1-15(2)17-13-11-16(12-14-17)7-3-4-8-18-9-5-6-10-19(18)20/h5-6,9-15,20H,3-4,7-8H2,1-2H3. The first-order valence-electron chi connectivity index (χ1n) is 7.52. The van der Waals surface area contributed by atoms with Gasteiger partial charge in [0.05, 0.1) is 0 Å². The third-order valence-corrected chi connectivity index (χ3v) is 3.80. The van der Waals surface area contributed by atoms with Crippen LogP contribution in [0.3, 0.4) is 0 Å². The Morgan fingerprint density at radius 3 is 2.15 bits per heavy atom. The van der Waals surface area contributed by atoms with Crippen molar-refractivity contribution in [3.63, 3.8) is 0 Å². The van der Waals surface area contributed by atoms with Gasteiger partial charge in [0.2, 0.25) is 0 Å². The van der Waals surface area contributed by atoms with Crippen molar-refractivity contribution in [3.8, 4) is 5.75 Å². The fourth-order valence-electron chi connectivity index (χ4n) is 2.44. The molecule has 0 aliphatic heterocycles. The molecule has 1 nitrogen and oxygen atoms in total. The molecule has 2 aromatic rings. The predicted molar refractivity (Wildman–Crippen MR) is 85.3 cm³/mol. The summed E-state index contributed by atoms with van der Waals surface area (Å²) in [6, 6.07) is 16.6. The van der Waals surface area contributed by atoms with Gasteiger partial charge in [0, 0.05) is 0 Å². The Balaban J connectivity index is 1.77. The van der Waals surface area contributed by atoms with Gasteiger partial charge in [0.1, 0.15) is 5.75 Å². The predicted octanol–water partition coefficient (Wildman–Crippen LogP) is 5.08. The van der Waals surface area contributed by atoms with Crippen molar-refractivity contribution in [1.29, 1.82) is 0 Å². The number of hydrogen-bond acceptors (Lipinski definition) is 1. The first-order chi connectivity index (χ1) is 9.66. The zero-order chi connectivity index (χ0) is 14.4. The van der Waals surface area contributed by atoms with Gasteiger partial charge in [-0.2, -0.15) is 0 Å². The molecule has 0 atom stereocenters. The van der Waals surface area contributed by atoms with Crippen LogP contribution >= 0.6 is 0 Å². The highest BCUT2D eigenvalue weighted by atomic mass is 16.3. The number of hydrogen-bond donors (Lipinski definition) is 1. The quantitative estimate of drug-likeness (QED) is 0.724. The average Bonchev–Trinajstić information content (AvgIpc) is 2.46. The molecule has 0 saturated heterocycles. The molecule has 106 valence electrons. The molecule has 0 spiro atoms. The summed E-state index contributed by atoms with van der Waals surface area (Å²) < 4.78 is 0. The monoisotopic (exact) mass is 268 g/mol. The lowest BCUT2D eigenvalue weighted by Gasteiger charge is -2.07. The van der Waals surface area contributed by atoms with Crippen molar-refractivity contribution in [2.45, 2.75) is 45.4 Å². The molecule has 0 radical (unpaired) electrons. The molecule has 0 aliphatic carbocycles. The smallest absolute Gasteiger partial charge is 0.118 e. The zero-order valence-electron chi connectivity index (χ0n) is 12.5. The van der Waals surface area contributed by atoms with Crippen LogP contribution in [0.15, 0.2) is 48.5 Å². The normalized spacial score (nSPS) is 10.9. The molecule has 1 heteroatoms. The minimum atomic E-state index is 0.425. The highest BCUT2D eigenvalue weighted by Gasteiger charge is 2.01. The summed E-state index contributed by atoms with van der Waals surface area (Å²) in [5.41, 5.74) is 3.87. The summed E-state index contributed by atoms with van der Waals surface area (Å²) in [5.74, 6) is 1.03. The molecule has 0 amide bonds. The molecule has 1 N–H and O–H groups in total. The second-order valence-corrected chi connectivity index (χ2v) is 5.73. The van der Waals surface area contributed by atoms with Crippen LogP contribution < -0.4 is 0 Å². The number of unbranched alkanes of at least 4 members (excludes halogenated alkanes) is 1. The van der Waals surface area contributed by atoms with Crippen LogP contribution in [0.1, 0.15) is 49.3 Å². The van der Waals surface area contributed by atoms with Crippen LogP contribution in [-0.2, 0) is 12.8 Å². The van der Waals surface area contributed by atoms with E-state index in [0.29, 0.717) is 11.7 Å². The minimum absolute atomic E-state index is 0.425. The fraction of sp³-hybridized carbons (Fsp3) is 0.368. The SMILES string of the molecule is CC(C)c1ccc(CCCCc2ccccc2O)cc1. The van der Waals surface area contributed by atoms with Crippen molar-refractivity contribution in [2.75, 3.05) is 0 Å². The first-order valence-corrected chi connectivity index (χ1v) is 7.52. The summed E-state index contributed by atoms with van der Waals surface area (Å²) in [4.78, 5) is 0. The van der Waals surface area contributed by atoms with Crippen molar-refractivity contribution >= 4 is 0 Å². The number of para-hydroxylation sites is 1. The van der Waals surface area contributed by atoms with Crippen molar-refractivity contribution < 1.29 is 5.11 Å². The van der Waals surface area contributed by atoms with E-state index in [9.17, 15) is 5.11 Å². The Bertz CT molecular complexity index is 526. The second-order valence-electron chi connectivity index (χ2n) is 5.73. The maximum absolute atomic E-state index is 9.71. The topological polar surface area (TPSA) is 20.2 Å². The average molecular weight is 268 g/mol. The largest absolute Gasteiger partial charge is 0.508 e. The molecule has 0 aliphatic rings. The van der Waals surface area contributed by atoms with Crippen LogP contribution in [-0.4, -0.2) is 5.11 Å². The minimum Gasteiger partial charge on any atom is -0.508 e. The number of aromatic hydroxyl groups is 1. The van der Waals surface area contributed by atoms with Crippen LogP contribution in [0.2, 0.25) is 0 Å². The van der Waals surface area contributed by atoms with Crippen LogP contribution in [0.5, 0.6) is 5.75 Å². The van der Waals surface area contributed by atoms with Gasteiger partial charge in [-0.1, -0.05) is 56.3 Å². The number of phenolic OH excluding ortho intramolecular Hbond substituents is 1. The summed E-state index contributed by atoms with van der Waals surface area (Å²) in [6.07, 6.45) is 4.35. The molecule has 0 heterocycles. The fourth-order valence-corrected chi connectivity index (χ4v) is 2.44. The molecule has 2 aromatic carbocycles. The lowest BCUT2D eigenvalue weighted by Crippen LogP contribution is -1.91. The van der Waals surface area contributed by atoms with Gasteiger partial charge in [0.15, 0.2) is 0 Å². The molecule has 0 fully saturated rings. The number of rotatable bonds is 6. The van der Waals surface area contributed by atoms with Gasteiger partial charge in [-0.15, -0.1) is 0 Å². The summed E-state index contributed by atoms with van der Waals surface area (Å²) in [7, 11) is 0. The summed E-state index contributed by atoms with van der Waals surface area (Å²) in [5, 5.41) is 9.71. The van der Waals surface area contributed by atoms with Gasteiger partial charge < -0.3 is 5.11 Å². The van der Waals surface area contributed by atoms with E-state index in [1.807, 2.05) is 18.2 Å². The maximum Gasteiger partial charge on any atom is 0.118 e. The molecule has 0 unspecified atom stereocenters. The van der Waals surface area contributed by atoms with E-state index in [2.05, 4.69) is 38.1 Å². The Labute approximate surface area is 122 Å². The molecule has 0 aromatic heterocycles. The molecule has 20 heavy (non-hydrogen) atoms. The van der Waals surface area contributed by atoms with E-state index in [-0.39, 0.29) is 0 Å². The van der Waals surface area contributed by atoms with Crippen molar-refractivity contribution in [2.24, 2.45) is 0 Å². The van der Waals surface area contributed by atoms with Gasteiger partial charge in [-0.05, 0) is 54.4 Å². The number of benzene rings is 2. The van der Waals surface area contributed by atoms with Crippen molar-refractivity contribution in [1.82, 2.24) is 0 Å². The third-order valence-electron chi connectivity index (χ3n) is 3.80. The summed E-state index contributed by atoms with van der Waals surface area (Å²) in [6.45, 7) is 4.45. The van der Waals surface area contributed by atoms with Crippen LogP contribution in [0.4, 0.5) is 0 Å².